The van der Waals surface area contributed by atoms with Crippen molar-refractivity contribution in [2.75, 3.05) is 0 Å². The average Bonchev–Trinajstić information content (AvgIpc) is 2.38. The molecule has 0 radical (unpaired) electrons. The quantitative estimate of drug-likeness (QED) is 0.796. The van der Waals surface area contributed by atoms with Crippen molar-refractivity contribution in [2.45, 2.75) is 6.10 Å². The second-order valence-corrected chi connectivity index (χ2v) is 5.90. The van der Waals surface area contributed by atoms with Crippen LogP contribution >= 0.6 is 46.4 Å². The molecule has 0 amide bonds. The lowest BCUT2D eigenvalue weighted by molar-refractivity contribution is -0.146. The zero-order chi connectivity index (χ0) is 15.7. The maximum Gasteiger partial charge on any atom is 0.337 e. The minimum Gasteiger partial charge on any atom is -0.479 e. The minimum absolute atomic E-state index is 0.0983. The number of carboxylic acids is 1. The molecule has 0 saturated carbocycles. The number of aliphatic hydroxyl groups is 1. The first-order chi connectivity index (χ1) is 9.81. The van der Waals surface area contributed by atoms with E-state index in [4.69, 9.17) is 51.5 Å². The van der Waals surface area contributed by atoms with Crippen LogP contribution in [0.15, 0.2) is 30.3 Å². The summed E-state index contributed by atoms with van der Waals surface area (Å²) in [6, 6.07) is 7.42. The molecule has 0 aliphatic carbocycles. The van der Waals surface area contributed by atoms with Crippen molar-refractivity contribution < 1.29 is 15.0 Å². The van der Waals surface area contributed by atoms with E-state index in [9.17, 15) is 9.90 Å². The number of aliphatic carboxylic acids is 1. The number of rotatable bonds is 3. The van der Waals surface area contributed by atoms with Gasteiger partial charge in [-0.1, -0.05) is 52.5 Å². The van der Waals surface area contributed by atoms with E-state index in [0.717, 1.165) is 0 Å². The van der Waals surface area contributed by atoms with E-state index < -0.39 is 12.1 Å². The number of hydrogen-bond donors (Lipinski definition) is 2. The first-order valence-electron chi connectivity index (χ1n) is 5.66. The van der Waals surface area contributed by atoms with Crippen LogP contribution in [0.3, 0.4) is 0 Å². The number of carbonyl (C=O) groups is 1. The Bertz CT molecular complexity index is 692. The van der Waals surface area contributed by atoms with Gasteiger partial charge in [-0.05, 0) is 29.8 Å². The third-order valence-electron chi connectivity index (χ3n) is 2.82. The van der Waals surface area contributed by atoms with Crippen LogP contribution in [0.4, 0.5) is 0 Å². The van der Waals surface area contributed by atoms with Gasteiger partial charge in [-0.15, -0.1) is 0 Å². The molecule has 2 N–H and O–H groups in total. The zero-order valence-electron chi connectivity index (χ0n) is 10.3. The van der Waals surface area contributed by atoms with E-state index in [-0.39, 0.29) is 20.6 Å². The number of benzene rings is 2. The fourth-order valence-electron chi connectivity index (χ4n) is 1.92. The summed E-state index contributed by atoms with van der Waals surface area (Å²) in [5.74, 6) is -1.40. The Labute approximate surface area is 140 Å². The largest absolute Gasteiger partial charge is 0.479 e. The van der Waals surface area contributed by atoms with Gasteiger partial charge in [0.2, 0.25) is 0 Å². The Morgan fingerprint density at radius 3 is 2.05 bits per heavy atom. The van der Waals surface area contributed by atoms with E-state index >= 15 is 0 Å². The monoisotopic (exact) mass is 364 g/mol. The van der Waals surface area contributed by atoms with Crippen molar-refractivity contribution >= 4 is 52.4 Å². The molecule has 0 bridgehead atoms. The molecule has 0 aliphatic heterocycles. The van der Waals surface area contributed by atoms with Crippen LogP contribution in [0, 0.1) is 0 Å². The second kappa shape index (κ2) is 6.42. The molecule has 0 fully saturated rings. The first-order valence-corrected chi connectivity index (χ1v) is 7.17. The molecular formula is C14H8Cl4O3. The molecule has 2 aromatic rings. The second-order valence-electron chi connectivity index (χ2n) is 4.22. The van der Waals surface area contributed by atoms with Gasteiger partial charge in [0.25, 0.3) is 0 Å². The third kappa shape index (κ3) is 3.44. The highest BCUT2D eigenvalue weighted by Gasteiger charge is 2.23. The number of halogens is 4. The van der Waals surface area contributed by atoms with E-state index in [1.807, 2.05) is 0 Å². The van der Waals surface area contributed by atoms with Crippen LogP contribution in [0.1, 0.15) is 11.7 Å². The summed E-state index contributed by atoms with van der Waals surface area (Å²) in [5.41, 5.74) is 0.858. The third-order valence-corrected chi connectivity index (χ3v) is 3.87. The van der Waals surface area contributed by atoms with E-state index in [2.05, 4.69) is 0 Å². The van der Waals surface area contributed by atoms with Gasteiger partial charge in [0.1, 0.15) is 0 Å². The van der Waals surface area contributed by atoms with Crippen molar-refractivity contribution in [1.29, 1.82) is 0 Å². The fourth-order valence-corrected chi connectivity index (χ4v) is 3.12. The van der Waals surface area contributed by atoms with Crippen LogP contribution in [-0.4, -0.2) is 16.2 Å². The molecule has 0 spiro atoms. The van der Waals surface area contributed by atoms with Crippen LogP contribution in [0.5, 0.6) is 0 Å². The van der Waals surface area contributed by atoms with Crippen LogP contribution in [0.2, 0.25) is 20.1 Å². The topological polar surface area (TPSA) is 57.5 Å². The SMILES string of the molecule is O=C(O)C(O)c1cc(Cl)ccc1-c1c(Cl)cc(Cl)cc1Cl. The molecule has 1 unspecified atom stereocenters. The van der Waals surface area contributed by atoms with Gasteiger partial charge in [-0.25, -0.2) is 4.79 Å². The van der Waals surface area contributed by atoms with Gasteiger partial charge in [-0.2, -0.15) is 0 Å². The Morgan fingerprint density at radius 1 is 0.952 bits per heavy atom. The fraction of sp³-hybridized carbons (Fsp3) is 0.0714. The van der Waals surface area contributed by atoms with Gasteiger partial charge in [0.15, 0.2) is 6.10 Å². The van der Waals surface area contributed by atoms with Gasteiger partial charge in [0.05, 0.1) is 10.0 Å². The summed E-state index contributed by atoms with van der Waals surface area (Å²) in [6.45, 7) is 0. The van der Waals surface area contributed by atoms with Gasteiger partial charge >= 0.3 is 5.97 Å². The maximum atomic E-state index is 11.0. The highest BCUT2D eigenvalue weighted by molar-refractivity contribution is 6.42. The first kappa shape index (κ1) is 16.4. The van der Waals surface area contributed by atoms with Gasteiger partial charge in [0, 0.05) is 21.2 Å². The molecule has 7 heteroatoms. The number of hydrogen-bond acceptors (Lipinski definition) is 2. The van der Waals surface area contributed by atoms with Crippen LogP contribution in [0.25, 0.3) is 11.1 Å². The van der Waals surface area contributed by atoms with Crippen molar-refractivity contribution in [3.8, 4) is 11.1 Å². The van der Waals surface area contributed by atoms with Crippen molar-refractivity contribution in [1.82, 2.24) is 0 Å². The van der Waals surface area contributed by atoms with Crippen LogP contribution < -0.4 is 0 Å². The van der Waals surface area contributed by atoms with Gasteiger partial charge in [-0.3, -0.25) is 0 Å². The highest BCUT2D eigenvalue weighted by Crippen LogP contribution is 2.41. The molecule has 0 saturated heterocycles. The molecule has 2 aromatic carbocycles. The summed E-state index contributed by atoms with van der Waals surface area (Å²) >= 11 is 24.0. The average molecular weight is 366 g/mol. The zero-order valence-corrected chi connectivity index (χ0v) is 13.3. The van der Waals surface area contributed by atoms with Crippen molar-refractivity contribution in [3.63, 3.8) is 0 Å². The summed E-state index contributed by atoms with van der Waals surface area (Å²) in [4.78, 5) is 11.0. The molecule has 2 rings (SSSR count). The summed E-state index contributed by atoms with van der Waals surface area (Å²) in [5, 5.41) is 20.0. The molecule has 0 aromatic heterocycles. The summed E-state index contributed by atoms with van der Waals surface area (Å²) in [6.07, 6.45) is -1.75. The molecule has 3 nitrogen and oxygen atoms in total. The van der Waals surface area contributed by atoms with E-state index in [1.54, 1.807) is 12.1 Å². The predicted molar refractivity (Wildman–Crippen MR) is 84.5 cm³/mol. The van der Waals surface area contributed by atoms with E-state index in [1.165, 1.54) is 18.2 Å². The maximum absolute atomic E-state index is 11.0. The van der Waals surface area contributed by atoms with Gasteiger partial charge < -0.3 is 10.2 Å². The summed E-state index contributed by atoms with van der Waals surface area (Å²) in [7, 11) is 0. The molecular weight excluding hydrogens is 358 g/mol. The Hall–Kier alpha value is -0.970. The number of carboxylic acid groups (broad SMARTS) is 1. The van der Waals surface area contributed by atoms with Crippen LogP contribution in [-0.2, 0) is 4.79 Å². The number of aliphatic hydroxyl groups excluding tert-OH is 1. The summed E-state index contributed by atoms with van der Waals surface area (Å²) < 4.78 is 0. The normalized spacial score (nSPS) is 12.2. The highest BCUT2D eigenvalue weighted by atomic mass is 35.5. The van der Waals surface area contributed by atoms with Crippen molar-refractivity contribution in [3.05, 3.63) is 56.0 Å². The van der Waals surface area contributed by atoms with E-state index in [0.29, 0.717) is 16.1 Å². The molecule has 0 aliphatic rings. The smallest absolute Gasteiger partial charge is 0.337 e. The van der Waals surface area contributed by atoms with Crippen molar-refractivity contribution in [2.24, 2.45) is 0 Å². The molecule has 1 atom stereocenters. The Balaban J connectivity index is 2.73. The Kier molecular flexibility index (Phi) is 5.02. The standard InChI is InChI=1S/C14H8Cl4O3/c15-6-1-2-8(9(3-6)13(19)14(20)21)12-10(17)4-7(16)5-11(12)18/h1-5,13,19H,(H,20,21). The molecule has 110 valence electrons. The minimum atomic E-state index is -1.75. The lowest BCUT2D eigenvalue weighted by Crippen LogP contribution is -2.11. The lowest BCUT2D eigenvalue weighted by atomic mass is 9.96. The molecule has 0 heterocycles. The lowest BCUT2D eigenvalue weighted by Gasteiger charge is -2.15. The molecule has 21 heavy (non-hydrogen) atoms. The predicted octanol–water partition coefficient (Wildman–Crippen LogP) is 5.09. The Morgan fingerprint density at radius 2 is 1.52 bits per heavy atom.